The summed E-state index contributed by atoms with van der Waals surface area (Å²) in [4.78, 5) is 51.0. The molecule has 0 atom stereocenters. The third-order valence-electron chi connectivity index (χ3n) is 6.94. The van der Waals surface area contributed by atoms with Crippen LogP contribution < -0.4 is 11.5 Å². The van der Waals surface area contributed by atoms with Gasteiger partial charge in [-0.05, 0) is 45.6 Å². The number of imide groups is 1. The number of halogens is 5. The van der Waals surface area contributed by atoms with Crippen LogP contribution in [0.5, 0.6) is 0 Å². The molecule has 1 aliphatic heterocycles. The second-order valence-electron chi connectivity index (χ2n) is 10.2. The van der Waals surface area contributed by atoms with Crippen molar-refractivity contribution in [1.82, 2.24) is 18.8 Å². The quantitative estimate of drug-likeness (QED) is 0.217. The number of anilines is 2. The Morgan fingerprint density at radius 2 is 1.49 bits per heavy atom. The summed E-state index contributed by atoms with van der Waals surface area (Å²) in [5.41, 5.74) is 10.6. The first kappa shape index (κ1) is 35.6. The second-order valence-corrected chi connectivity index (χ2v) is 11.2. The van der Waals surface area contributed by atoms with Crippen molar-refractivity contribution in [2.45, 2.75) is 76.7 Å². The number of hydrogen-bond donors (Lipinski definition) is 2. The summed E-state index contributed by atoms with van der Waals surface area (Å²) in [5.74, 6) is -1.31. The molecule has 11 nitrogen and oxygen atoms in total. The fraction of sp³-hybridized carbons (Fsp3) is 0.444. The molecule has 0 unspecified atom stereocenters. The van der Waals surface area contributed by atoms with Crippen molar-refractivity contribution in [3.63, 3.8) is 0 Å². The van der Waals surface area contributed by atoms with Gasteiger partial charge in [0.05, 0.1) is 33.9 Å². The number of nitriles is 1. The van der Waals surface area contributed by atoms with Crippen LogP contribution in [-0.4, -0.2) is 48.9 Å². The maximum absolute atomic E-state index is 13.7. The van der Waals surface area contributed by atoms with Crippen molar-refractivity contribution in [2.24, 2.45) is 0 Å². The van der Waals surface area contributed by atoms with Crippen LogP contribution in [-0.2, 0) is 4.79 Å². The number of hydrogen-bond acceptors (Lipinski definition) is 9. The molecule has 2 saturated carbocycles. The summed E-state index contributed by atoms with van der Waals surface area (Å²) < 4.78 is 28.4. The highest BCUT2D eigenvalue weighted by atomic mass is 35.5. The molecule has 2 aromatic heterocycles. The molecule has 3 heterocycles. The van der Waals surface area contributed by atoms with Gasteiger partial charge in [-0.3, -0.25) is 14.4 Å². The normalized spacial score (nSPS) is 17.1. The largest absolute Gasteiger partial charge is 0.396 e. The molecule has 2 aliphatic carbocycles. The molecule has 2 aromatic rings. The van der Waals surface area contributed by atoms with Crippen LogP contribution in [0, 0.1) is 23.0 Å². The van der Waals surface area contributed by atoms with Crippen molar-refractivity contribution in [2.75, 3.05) is 11.5 Å². The van der Waals surface area contributed by atoms with Gasteiger partial charge in [-0.2, -0.15) is 9.68 Å². The smallest absolute Gasteiger partial charge is 0.357 e. The second kappa shape index (κ2) is 15.2. The summed E-state index contributed by atoms with van der Waals surface area (Å²) in [6.45, 7) is 4.46. The number of pyridine rings is 2. The number of nitrogen functional groups attached to an aromatic ring is 2. The van der Waals surface area contributed by atoms with Crippen molar-refractivity contribution in [3.8, 4) is 6.07 Å². The van der Waals surface area contributed by atoms with Gasteiger partial charge in [-0.15, -0.1) is 0 Å². The third-order valence-corrected chi connectivity index (χ3v) is 8.20. The van der Waals surface area contributed by atoms with E-state index in [0.717, 1.165) is 42.9 Å². The zero-order valence-electron chi connectivity index (χ0n) is 23.5. The predicted octanol–water partition coefficient (Wildman–Crippen LogP) is 6.29. The lowest BCUT2D eigenvalue weighted by Gasteiger charge is -2.25. The van der Waals surface area contributed by atoms with E-state index in [1.165, 1.54) is 26.8 Å². The number of urea groups is 1. The molecule has 0 bridgehead atoms. The molecule has 0 radical (unpaired) electrons. The lowest BCUT2D eigenvalue weighted by atomic mass is 9.82. The molecule has 4 N–H and O–H groups in total. The molecule has 3 aliphatic rings. The number of carbonyl (C=O) groups is 4. The highest BCUT2D eigenvalue weighted by molar-refractivity contribution is 6.39. The van der Waals surface area contributed by atoms with Crippen LogP contribution >= 0.6 is 35.2 Å². The maximum atomic E-state index is 13.7. The standard InChI is InChI=1S/C10H10ClFN2O.C10H11FN2O.C5H6Cl2N2O2.C2H3N/c11-7-6(4-15)14-10(5-2-1-3-5)8(12)9(7)13;11-9-8(12)4-7(5-14)13-10(9)6-2-1-3-6;1-5(2)3(10)8(6)4(11)9(5)7;1-2-3/h4-5H,1-3H2,(H2,13,14);4-6H,1-3H2,(H2,12,13);1-2H3;1H3. The van der Waals surface area contributed by atoms with Gasteiger partial charge in [0.1, 0.15) is 16.9 Å². The Bertz CT molecular complexity index is 1430. The van der Waals surface area contributed by atoms with E-state index in [9.17, 15) is 28.0 Å². The molecule has 0 aromatic carbocycles. The summed E-state index contributed by atoms with van der Waals surface area (Å²) >= 11 is 16.5. The average Bonchev–Trinajstić information content (AvgIpc) is 3.05. The summed E-state index contributed by atoms with van der Waals surface area (Å²) in [5, 5.41) is 7.23. The van der Waals surface area contributed by atoms with Gasteiger partial charge in [0, 0.05) is 42.3 Å². The zero-order chi connectivity index (χ0) is 32.6. The molecule has 3 fully saturated rings. The Morgan fingerprint density at radius 3 is 1.81 bits per heavy atom. The Morgan fingerprint density at radius 1 is 1.00 bits per heavy atom. The number of carbonyl (C=O) groups excluding carboxylic acids is 4. The molecule has 16 heteroatoms. The van der Waals surface area contributed by atoms with Crippen molar-refractivity contribution in [1.29, 1.82) is 5.26 Å². The number of rotatable bonds is 4. The molecular weight excluding hydrogens is 631 g/mol. The van der Waals surface area contributed by atoms with Crippen LogP contribution in [0.25, 0.3) is 0 Å². The lowest BCUT2D eigenvalue weighted by molar-refractivity contribution is -0.127. The van der Waals surface area contributed by atoms with Crippen LogP contribution in [0.4, 0.5) is 25.0 Å². The van der Waals surface area contributed by atoms with E-state index in [1.807, 2.05) is 0 Å². The molecule has 0 spiro atoms. The van der Waals surface area contributed by atoms with E-state index in [-0.39, 0.29) is 45.3 Å². The Balaban J connectivity index is 0.000000217. The van der Waals surface area contributed by atoms with Crippen LogP contribution in [0.2, 0.25) is 5.02 Å². The topological polar surface area (TPSA) is 176 Å². The number of aromatic nitrogens is 2. The SMILES string of the molecule is CC#N.CC1(C)C(=O)N(Cl)C(=O)N1Cl.Nc1c(F)c(C2CCC2)nc(C=O)c1Cl.Nc1cc(C=O)nc(C2CCC2)c1F. The van der Waals surface area contributed by atoms with Gasteiger partial charge in [0.25, 0.3) is 5.91 Å². The van der Waals surface area contributed by atoms with Crippen molar-refractivity contribution in [3.05, 3.63) is 45.5 Å². The van der Waals surface area contributed by atoms with Crippen LogP contribution in [0.1, 0.15) is 103 Å². The fourth-order valence-electron chi connectivity index (χ4n) is 3.96. The van der Waals surface area contributed by atoms with E-state index in [0.29, 0.717) is 22.7 Å². The third kappa shape index (κ3) is 7.87. The maximum Gasteiger partial charge on any atom is 0.357 e. The summed E-state index contributed by atoms with van der Waals surface area (Å²) in [6, 6.07) is 2.31. The Kier molecular flexibility index (Phi) is 12.6. The molecule has 43 heavy (non-hydrogen) atoms. The number of amides is 3. The summed E-state index contributed by atoms with van der Waals surface area (Å²) in [6.07, 6.45) is 6.91. The number of nitrogens with zero attached hydrogens (tertiary/aromatic N) is 5. The van der Waals surface area contributed by atoms with Gasteiger partial charge in [0.15, 0.2) is 24.2 Å². The molecule has 232 valence electrons. The first-order chi connectivity index (χ1) is 20.2. The van der Waals surface area contributed by atoms with E-state index in [1.54, 1.807) is 6.07 Å². The van der Waals surface area contributed by atoms with Crippen LogP contribution in [0.3, 0.4) is 0 Å². The first-order valence-corrected chi connectivity index (χ1v) is 14.0. The van der Waals surface area contributed by atoms with Gasteiger partial charge >= 0.3 is 6.03 Å². The van der Waals surface area contributed by atoms with Crippen LogP contribution in [0.15, 0.2) is 6.07 Å². The Labute approximate surface area is 262 Å². The van der Waals surface area contributed by atoms with Gasteiger partial charge in [-0.1, -0.05) is 24.4 Å². The van der Waals surface area contributed by atoms with E-state index in [2.05, 4.69) is 9.97 Å². The molecule has 1 saturated heterocycles. The van der Waals surface area contributed by atoms with E-state index >= 15 is 0 Å². The van der Waals surface area contributed by atoms with Gasteiger partial charge < -0.3 is 11.5 Å². The Hall–Kier alpha value is -3.60. The minimum Gasteiger partial charge on any atom is -0.396 e. The summed E-state index contributed by atoms with van der Waals surface area (Å²) in [7, 11) is 0. The predicted molar refractivity (Wildman–Crippen MR) is 157 cm³/mol. The van der Waals surface area contributed by atoms with Gasteiger partial charge in [-0.25, -0.2) is 28.0 Å². The van der Waals surface area contributed by atoms with E-state index in [4.69, 9.17) is 51.9 Å². The zero-order valence-corrected chi connectivity index (χ0v) is 25.8. The van der Waals surface area contributed by atoms with E-state index < -0.39 is 29.1 Å². The average molecular weight is 661 g/mol. The highest BCUT2D eigenvalue weighted by Gasteiger charge is 2.51. The number of nitrogens with two attached hydrogens (primary N) is 2. The first-order valence-electron chi connectivity index (χ1n) is 13.0. The fourth-order valence-corrected chi connectivity index (χ4v) is 4.60. The monoisotopic (exact) mass is 659 g/mol. The minimum atomic E-state index is -1.04. The van der Waals surface area contributed by atoms with Crippen molar-refractivity contribution < 1.29 is 28.0 Å². The molecular formula is C27H30Cl3F2N7O4. The lowest BCUT2D eigenvalue weighted by Crippen LogP contribution is -2.38. The molecule has 5 rings (SSSR count). The highest BCUT2D eigenvalue weighted by Crippen LogP contribution is 2.40. The van der Waals surface area contributed by atoms with Gasteiger partial charge in [0.2, 0.25) is 0 Å². The number of aldehydes is 2. The molecule has 3 amide bonds. The minimum absolute atomic E-state index is 0.0176. The van der Waals surface area contributed by atoms with Crippen molar-refractivity contribution >= 4 is 71.0 Å².